The van der Waals surface area contributed by atoms with Gasteiger partial charge in [-0.3, -0.25) is 9.59 Å². The Bertz CT molecular complexity index is 1340. The van der Waals surface area contributed by atoms with E-state index in [0.717, 1.165) is 40.2 Å². The van der Waals surface area contributed by atoms with Crippen LogP contribution < -0.4 is 10.6 Å². The molecule has 6 nitrogen and oxygen atoms in total. The molecule has 0 aliphatic heterocycles. The molecule has 1 heterocycles. The van der Waals surface area contributed by atoms with E-state index in [2.05, 4.69) is 31.4 Å². The standard InChI is InChI=1S/C31H36N2O4S2/c1-19(38-23-13-9-12-22(18-23)32-26(34)16-20-10-7-6-8-11-20)28(35)33-29-27(30(36)37-5)24-15-14-21(31(2,3)4)17-25(24)39-29/h6-13,18-19,21H,14-17H2,1-5H3,(H,32,34)(H,33,35). The minimum Gasteiger partial charge on any atom is -0.465 e. The van der Waals surface area contributed by atoms with Crippen molar-refractivity contribution in [3.05, 3.63) is 76.2 Å². The van der Waals surface area contributed by atoms with Crippen LogP contribution in [0.4, 0.5) is 10.7 Å². The van der Waals surface area contributed by atoms with Crippen LogP contribution in [0, 0.1) is 11.3 Å². The number of hydrogen-bond acceptors (Lipinski definition) is 6. The number of methoxy groups -OCH3 is 1. The molecule has 0 saturated carbocycles. The number of anilines is 2. The quantitative estimate of drug-likeness (QED) is 0.228. The zero-order valence-electron chi connectivity index (χ0n) is 23.1. The molecule has 0 radical (unpaired) electrons. The number of esters is 1. The van der Waals surface area contributed by atoms with Crippen LogP contribution in [0.25, 0.3) is 0 Å². The predicted molar refractivity (Wildman–Crippen MR) is 160 cm³/mol. The van der Waals surface area contributed by atoms with Gasteiger partial charge in [0.25, 0.3) is 0 Å². The Morgan fingerprint density at radius 2 is 1.82 bits per heavy atom. The number of thioether (sulfide) groups is 1. The van der Waals surface area contributed by atoms with Crippen molar-refractivity contribution in [2.24, 2.45) is 11.3 Å². The van der Waals surface area contributed by atoms with Crippen molar-refractivity contribution < 1.29 is 19.1 Å². The maximum atomic E-state index is 13.2. The molecule has 2 N–H and O–H groups in total. The van der Waals surface area contributed by atoms with Crippen LogP contribution in [0.5, 0.6) is 0 Å². The highest BCUT2D eigenvalue weighted by molar-refractivity contribution is 8.00. The van der Waals surface area contributed by atoms with Crippen molar-refractivity contribution in [3.63, 3.8) is 0 Å². The normalized spacial score (nSPS) is 15.7. The van der Waals surface area contributed by atoms with E-state index in [9.17, 15) is 14.4 Å². The second-order valence-corrected chi connectivity index (χ2v) is 13.5. The Balaban J connectivity index is 1.43. The third-order valence-corrected chi connectivity index (χ3v) is 9.39. The summed E-state index contributed by atoms with van der Waals surface area (Å²) in [4.78, 5) is 40.5. The molecule has 0 fully saturated rings. The SMILES string of the molecule is COC(=O)c1c(NC(=O)C(C)Sc2cccc(NC(=O)Cc3ccccc3)c2)sc2c1CCC(C(C)(C)C)C2. The third-order valence-electron chi connectivity index (χ3n) is 7.12. The first kappa shape index (κ1) is 28.9. The van der Waals surface area contributed by atoms with E-state index in [4.69, 9.17) is 4.74 Å². The van der Waals surface area contributed by atoms with Gasteiger partial charge in [-0.25, -0.2) is 4.79 Å². The molecule has 2 aromatic carbocycles. The predicted octanol–water partition coefficient (Wildman–Crippen LogP) is 6.99. The number of nitrogens with one attached hydrogen (secondary N) is 2. The Morgan fingerprint density at radius 1 is 1.08 bits per heavy atom. The van der Waals surface area contributed by atoms with Crippen LogP contribution in [0.3, 0.4) is 0 Å². The van der Waals surface area contributed by atoms with Gasteiger partial charge in [0.05, 0.1) is 24.3 Å². The van der Waals surface area contributed by atoms with Gasteiger partial charge >= 0.3 is 5.97 Å². The largest absolute Gasteiger partial charge is 0.465 e. The summed E-state index contributed by atoms with van der Waals surface area (Å²) in [7, 11) is 1.38. The number of hydrogen-bond donors (Lipinski definition) is 2. The molecule has 4 rings (SSSR count). The van der Waals surface area contributed by atoms with Gasteiger partial charge in [0.1, 0.15) is 5.00 Å². The van der Waals surface area contributed by atoms with Gasteiger partial charge in [-0.05, 0) is 66.8 Å². The lowest BCUT2D eigenvalue weighted by atomic mass is 9.72. The Morgan fingerprint density at radius 3 is 2.51 bits per heavy atom. The number of fused-ring (bicyclic) bond motifs is 1. The van der Waals surface area contributed by atoms with E-state index in [-0.39, 0.29) is 17.2 Å². The summed E-state index contributed by atoms with van der Waals surface area (Å²) < 4.78 is 5.09. The average Bonchev–Trinajstić information content (AvgIpc) is 3.25. The maximum absolute atomic E-state index is 13.2. The fourth-order valence-electron chi connectivity index (χ4n) is 4.84. The second-order valence-electron chi connectivity index (χ2n) is 11.0. The molecular formula is C31H36N2O4S2. The minimum absolute atomic E-state index is 0.0974. The van der Waals surface area contributed by atoms with Crippen LogP contribution in [0.1, 0.15) is 60.5 Å². The van der Waals surface area contributed by atoms with Gasteiger partial charge in [0.2, 0.25) is 11.8 Å². The zero-order valence-corrected chi connectivity index (χ0v) is 24.8. The molecule has 0 saturated heterocycles. The summed E-state index contributed by atoms with van der Waals surface area (Å²) in [6.45, 7) is 8.59. The van der Waals surface area contributed by atoms with Crippen LogP contribution in [-0.4, -0.2) is 30.1 Å². The third kappa shape index (κ3) is 7.31. The Labute approximate surface area is 238 Å². The van der Waals surface area contributed by atoms with Crippen molar-refractivity contribution in [3.8, 4) is 0 Å². The monoisotopic (exact) mass is 564 g/mol. The molecule has 0 bridgehead atoms. The molecule has 8 heteroatoms. The van der Waals surface area contributed by atoms with Gasteiger partial charge in [-0.15, -0.1) is 23.1 Å². The molecule has 1 aliphatic rings. The smallest absolute Gasteiger partial charge is 0.341 e. The fourth-order valence-corrected chi connectivity index (χ4v) is 7.08. The van der Waals surface area contributed by atoms with Gasteiger partial charge in [0.15, 0.2) is 0 Å². The summed E-state index contributed by atoms with van der Waals surface area (Å²) in [5.41, 5.74) is 3.32. The molecule has 206 valence electrons. The maximum Gasteiger partial charge on any atom is 0.341 e. The van der Waals surface area contributed by atoms with Crippen molar-refractivity contribution >= 4 is 51.6 Å². The molecule has 3 aromatic rings. The lowest BCUT2D eigenvalue weighted by Gasteiger charge is -2.33. The number of amides is 2. The zero-order chi connectivity index (χ0) is 28.2. The highest BCUT2D eigenvalue weighted by Gasteiger charge is 2.34. The van der Waals surface area contributed by atoms with Crippen molar-refractivity contribution in [1.29, 1.82) is 0 Å². The fraction of sp³-hybridized carbons (Fsp3) is 0.387. The molecule has 2 amide bonds. The molecule has 0 spiro atoms. The van der Waals surface area contributed by atoms with Gasteiger partial charge in [-0.2, -0.15) is 0 Å². The van der Waals surface area contributed by atoms with Gasteiger partial charge < -0.3 is 15.4 Å². The first-order valence-corrected chi connectivity index (χ1v) is 14.9. The summed E-state index contributed by atoms with van der Waals surface area (Å²) >= 11 is 2.90. The average molecular weight is 565 g/mol. The van der Waals surface area contributed by atoms with Crippen LogP contribution in [0.15, 0.2) is 59.5 Å². The molecular weight excluding hydrogens is 528 g/mol. The highest BCUT2D eigenvalue weighted by atomic mass is 32.2. The first-order valence-electron chi connectivity index (χ1n) is 13.2. The van der Waals surface area contributed by atoms with Crippen LogP contribution >= 0.6 is 23.1 Å². The highest BCUT2D eigenvalue weighted by Crippen LogP contribution is 2.44. The van der Waals surface area contributed by atoms with Gasteiger partial charge in [-0.1, -0.05) is 57.2 Å². The Kier molecular flexibility index (Phi) is 9.18. The second kappa shape index (κ2) is 12.4. The summed E-state index contributed by atoms with van der Waals surface area (Å²) in [5, 5.41) is 6.10. The lowest BCUT2D eigenvalue weighted by Crippen LogP contribution is -2.26. The lowest BCUT2D eigenvalue weighted by molar-refractivity contribution is -0.116. The topological polar surface area (TPSA) is 84.5 Å². The van der Waals surface area contributed by atoms with Crippen LogP contribution in [-0.2, 0) is 33.6 Å². The number of benzene rings is 2. The van der Waals surface area contributed by atoms with E-state index in [1.54, 1.807) is 0 Å². The Hall–Kier alpha value is -3.10. The first-order chi connectivity index (χ1) is 18.5. The van der Waals surface area contributed by atoms with E-state index in [1.165, 1.54) is 30.2 Å². The molecule has 1 aliphatic carbocycles. The van der Waals surface area contributed by atoms with Crippen LogP contribution in [0.2, 0.25) is 0 Å². The van der Waals surface area contributed by atoms with E-state index >= 15 is 0 Å². The summed E-state index contributed by atoms with van der Waals surface area (Å²) in [6.07, 6.45) is 3.01. The number of thiophene rings is 1. The summed E-state index contributed by atoms with van der Waals surface area (Å²) in [6, 6.07) is 17.1. The molecule has 2 unspecified atom stereocenters. The van der Waals surface area contributed by atoms with E-state index < -0.39 is 11.2 Å². The van der Waals surface area contributed by atoms with Crippen molar-refractivity contribution in [2.45, 2.75) is 63.5 Å². The van der Waals surface area contributed by atoms with E-state index in [0.29, 0.717) is 28.6 Å². The van der Waals surface area contributed by atoms with Crippen molar-refractivity contribution in [1.82, 2.24) is 0 Å². The number of ether oxygens (including phenoxy) is 1. The molecule has 39 heavy (non-hydrogen) atoms. The molecule has 1 aromatic heterocycles. The van der Waals surface area contributed by atoms with Gasteiger partial charge in [0, 0.05) is 15.5 Å². The van der Waals surface area contributed by atoms with E-state index in [1.807, 2.05) is 61.5 Å². The number of carbonyl (C=O) groups is 3. The number of rotatable bonds is 8. The molecule has 2 atom stereocenters. The summed E-state index contributed by atoms with van der Waals surface area (Å²) in [5.74, 6) is -0.168. The van der Waals surface area contributed by atoms with Crippen molar-refractivity contribution in [2.75, 3.05) is 17.7 Å². The minimum atomic E-state index is -0.424. The number of carbonyl (C=O) groups excluding carboxylic acids is 3.